The third-order valence-electron chi connectivity index (χ3n) is 3.57. The summed E-state index contributed by atoms with van der Waals surface area (Å²) in [6.45, 7) is 0.827. The van der Waals surface area contributed by atoms with E-state index in [1.54, 1.807) is 4.90 Å². The molecular formula is C13H22N4OS. The summed E-state index contributed by atoms with van der Waals surface area (Å²) in [4.78, 5) is 20.8. The van der Waals surface area contributed by atoms with Gasteiger partial charge in [-0.05, 0) is 18.8 Å². The number of rotatable bonds is 4. The first kappa shape index (κ1) is 14.1. The van der Waals surface area contributed by atoms with Crippen molar-refractivity contribution in [1.82, 2.24) is 9.88 Å². The maximum absolute atomic E-state index is 12.4. The molecule has 1 amide bonds. The van der Waals surface area contributed by atoms with Crippen LogP contribution >= 0.6 is 11.3 Å². The number of hydrogen-bond acceptors (Lipinski definition) is 5. The van der Waals surface area contributed by atoms with Gasteiger partial charge in [0, 0.05) is 27.7 Å². The molecule has 1 aliphatic rings. The first-order valence-electron chi connectivity index (χ1n) is 6.68. The molecule has 5 nitrogen and oxygen atoms in total. The van der Waals surface area contributed by atoms with Gasteiger partial charge in [-0.2, -0.15) is 0 Å². The van der Waals surface area contributed by atoms with Crippen LogP contribution in [0.2, 0.25) is 0 Å². The van der Waals surface area contributed by atoms with Gasteiger partial charge in [-0.1, -0.05) is 24.2 Å². The minimum atomic E-state index is -0.00463. The molecule has 0 saturated heterocycles. The number of hydrogen-bond donors (Lipinski definition) is 1. The number of nitrogen functional groups attached to an aromatic ring is 1. The molecular weight excluding hydrogens is 260 g/mol. The number of carbonyl (C=O) groups is 1. The highest BCUT2D eigenvalue weighted by Gasteiger charge is 2.24. The molecule has 0 bridgehead atoms. The van der Waals surface area contributed by atoms with Gasteiger partial charge in [0.1, 0.15) is 10.7 Å². The highest BCUT2D eigenvalue weighted by Crippen LogP contribution is 2.29. The fraction of sp³-hybridized carbons (Fsp3) is 0.692. The van der Waals surface area contributed by atoms with E-state index < -0.39 is 0 Å². The molecule has 0 aromatic carbocycles. The number of carbonyl (C=O) groups excluding carboxylic acids is 1. The van der Waals surface area contributed by atoms with Gasteiger partial charge in [0.2, 0.25) is 0 Å². The zero-order chi connectivity index (χ0) is 14.0. The van der Waals surface area contributed by atoms with Crippen molar-refractivity contribution in [1.29, 1.82) is 0 Å². The number of aromatic nitrogens is 1. The van der Waals surface area contributed by atoms with Gasteiger partial charge >= 0.3 is 0 Å². The van der Waals surface area contributed by atoms with E-state index in [1.165, 1.54) is 37.0 Å². The van der Waals surface area contributed by atoms with Crippen LogP contribution in [0, 0.1) is 5.92 Å². The molecule has 2 N–H and O–H groups in total. The molecule has 2 rings (SSSR count). The lowest BCUT2D eigenvalue weighted by molar-refractivity contribution is 0.0779. The molecule has 19 heavy (non-hydrogen) atoms. The zero-order valence-corrected chi connectivity index (χ0v) is 12.7. The number of anilines is 2. The van der Waals surface area contributed by atoms with Crippen molar-refractivity contribution in [3.05, 3.63) is 4.88 Å². The van der Waals surface area contributed by atoms with Crippen LogP contribution in [-0.2, 0) is 0 Å². The largest absolute Gasteiger partial charge is 0.382 e. The number of thiazole rings is 1. The second kappa shape index (κ2) is 5.77. The smallest absolute Gasteiger partial charge is 0.267 e. The molecule has 1 aromatic heterocycles. The summed E-state index contributed by atoms with van der Waals surface area (Å²) in [5.74, 6) is 0.989. The van der Waals surface area contributed by atoms with Gasteiger partial charge in [-0.15, -0.1) is 0 Å². The standard InChI is InChI=1S/C13H22N4OS/c1-16(2)13-15-11(14)10(19-13)12(18)17(3)8-9-6-4-5-7-9/h9H,4-8,14H2,1-3H3. The summed E-state index contributed by atoms with van der Waals surface area (Å²) < 4.78 is 0. The molecule has 6 heteroatoms. The normalized spacial score (nSPS) is 15.7. The van der Waals surface area contributed by atoms with Crippen LogP contribution < -0.4 is 10.6 Å². The van der Waals surface area contributed by atoms with Crippen molar-refractivity contribution in [2.75, 3.05) is 38.3 Å². The van der Waals surface area contributed by atoms with Crippen molar-refractivity contribution in [3.63, 3.8) is 0 Å². The van der Waals surface area contributed by atoms with E-state index >= 15 is 0 Å². The molecule has 0 unspecified atom stereocenters. The van der Waals surface area contributed by atoms with Gasteiger partial charge in [0.15, 0.2) is 5.13 Å². The average Bonchev–Trinajstić information content (AvgIpc) is 2.97. The third kappa shape index (κ3) is 3.18. The van der Waals surface area contributed by atoms with Crippen molar-refractivity contribution < 1.29 is 4.79 Å². The molecule has 1 heterocycles. The quantitative estimate of drug-likeness (QED) is 0.918. The van der Waals surface area contributed by atoms with Crippen LogP contribution in [0.4, 0.5) is 10.9 Å². The summed E-state index contributed by atoms with van der Waals surface area (Å²) in [5.41, 5.74) is 5.85. The fourth-order valence-electron chi connectivity index (χ4n) is 2.50. The van der Waals surface area contributed by atoms with E-state index in [4.69, 9.17) is 5.73 Å². The van der Waals surface area contributed by atoms with E-state index in [0.717, 1.165) is 11.7 Å². The lowest BCUT2D eigenvalue weighted by atomic mass is 10.1. The Morgan fingerprint density at radius 1 is 1.37 bits per heavy atom. The van der Waals surface area contributed by atoms with E-state index in [2.05, 4.69) is 4.98 Å². The third-order valence-corrected chi connectivity index (χ3v) is 4.80. The van der Waals surface area contributed by atoms with Gasteiger partial charge in [0.05, 0.1) is 0 Å². The van der Waals surface area contributed by atoms with Gasteiger partial charge in [-0.25, -0.2) is 4.98 Å². The molecule has 1 saturated carbocycles. The Hall–Kier alpha value is -1.30. The minimum absolute atomic E-state index is 0.00463. The van der Waals surface area contributed by atoms with Crippen molar-refractivity contribution in [2.45, 2.75) is 25.7 Å². The maximum atomic E-state index is 12.4. The van der Waals surface area contributed by atoms with Crippen LogP contribution in [0.15, 0.2) is 0 Å². The highest BCUT2D eigenvalue weighted by molar-refractivity contribution is 7.18. The van der Waals surface area contributed by atoms with E-state index in [0.29, 0.717) is 16.6 Å². The predicted octanol–water partition coefficient (Wildman–Crippen LogP) is 2.05. The Labute approximate surface area is 118 Å². The van der Waals surface area contributed by atoms with E-state index in [1.807, 2.05) is 26.0 Å². The van der Waals surface area contributed by atoms with Crippen LogP contribution in [0.25, 0.3) is 0 Å². The molecule has 1 aromatic rings. The van der Waals surface area contributed by atoms with Crippen LogP contribution in [0.3, 0.4) is 0 Å². The van der Waals surface area contributed by atoms with Gasteiger partial charge in [0.25, 0.3) is 5.91 Å². The SMILES string of the molecule is CN(CC1CCCC1)C(=O)c1sc(N(C)C)nc1N. The lowest BCUT2D eigenvalue weighted by Crippen LogP contribution is -2.31. The van der Waals surface area contributed by atoms with Crippen molar-refractivity contribution >= 4 is 28.2 Å². The fourth-order valence-corrected chi connectivity index (χ4v) is 3.40. The highest BCUT2D eigenvalue weighted by atomic mass is 32.1. The van der Waals surface area contributed by atoms with Crippen LogP contribution in [-0.4, -0.2) is 43.5 Å². The Balaban J connectivity index is 2.05. The Bertz CT molecular complexity index is 451. The number of amides is 1. The first-order valence-corrected chi connectivity index (χ1v) is 7.49. The topological polar surface area (TPSA) is 62.5 Å². The average molecular weight is 282 g/mol. The Morgan fingerprint density at radius 2 is 2.00 bits per heavy atom. The Morgan fingerprint density at radius 3 is 2.53 bits per heavy atom. The summed E-state index contributed by atoms with van der Waals surface area (Å²) in [6.07, 6.45) is 5.05. The van der Waals surface area contributed by atoms with Crippen molar-refractivity contribution in [3.8, 4) is 0 Å². The summed E-state index contributed by atoms with van der Waals surface area (Å²) in [6, 6.07) is 0. The van der Waals surface area contributed by atoms with Gasteiger partial charge in [-0.3, -0.25) is 4.79 Å². The maximum Gasteiger partial charge on any atom is 0.267 e. The summed E-state index contributed by atoms with van der Waals surface area (Å²) in [7, 11) is 5.65. The summed E-state index contributed by atoms with van der Waals surface area (Å²) in [5, 5.41) is 0.773. The first-order chi connectivity index (χ1) is 8.99. The summed E-state index contributed by atoms with van der Waals surface area (Å²) >= 11 is 1.36. The predicted molar refractivity (Wildman–Crippen MR) is 79.8 cm³/mol. The molecule has 1 aliphatic carbocycles. The molecule has 0 aliphatic heterocycles. The second-order valence-corrected chi connectivity index (χ2v) is 6.42. The van der Waals surface area contributed by atoms with Crippen molar-refractivity contribution in [2.24, 2.45) is 5.92 Å². The lowest BCUT2D eigenvalue weighted by Gasteiger charge is -2.20. The van der Waals surface area contributed by atoms with E-state index in [-0.39, 0.29) is 5.91 Å². The van der Waals surface area contributed by atoms with Crippen LogP contribution in [0.5, 0.6) is 0 Å². The minimum Gasteiger partial charge on any atom is -0.382 e. The number of nitrogens with two attached hydrogens (primary N) is 1. The second-order valence-electron chi connectivity index (χ2n) is 5.44. The Kier molecular flexibility index (Phi) is 4.29. The molecule has 0 radical (unpaired) electrons. The van der Waals surface area contributed by atoms with Crippen LogP contribution in [0.1, 0.15) is 35.4 Å². The monoisotopic (exact) mass is 282 g/mol. The molecule has 0 spiro atoms. The number of nitrogens with zero attached hydrogens (tertiary/aromatic N) is 3. The molecule has 0 atom stereocenters. The zero-order valence-electron chi connectivity index (χ0n) is 11.8. The molecule has 106 valence electrons. The van der Waals surface area contributed by atoms with Gasteiger partial charge < -0.3 is 15.5 Å². The van der Waals surface area contributed by atoms with E-state index in [9.17, 15) is 4.79 Å². The molecule has 1 fully saturated rings.